The van der Waals surface area contributed by atoms with Gasteiger partial charge in [-0.1, -0.05) is 18.9 Å². The normalized spacial score (nSPS) is 30.4. The van der Waals surface area contributed by atoms with Crippen LogP contribution in [0.3, 0.4) is 0 Å². The van der Waals surface area contributed by atoms with Gasteiger partial charge in [-0.25, -0.2) is 9.78 Å². The van der Waals surface area contributed by atoms with Crippen molar-refractivity contribution in [3.05, 3.63) is 24.4 Å². The molecule has 0 aromatic carbocycles. The zero-order chi connectivity index (χ0) is 15.6. The highest BCUT2D eigenvalue weighted by Gasteiger charge is 2.44. The summed E-state index contributed by atoms with van der Waals surface area (Å²) in [5, 5.41) is 3.25. The van der Waals surface area contributed by atoms with E-state index in [1.54, 1.807) is 6.20 Å². The quantitative estimate of drug-likeness (QED) is 0.932. The lowest BCUT2D eigenvalue weighted by atomic mass is 10.00. The van der Waals surface area contributed by atoms with Crippen LogP contribution in [0.15, 0.2) is 24.4 Å². The summed E-state index contributed by atoms with van der Waals surface area (Å²) >= 11 is 0. The van der Waals surface area contributed by atoms with Crippen molar-refractivity contribution in [1.82, 2.24) is 15.2 Å². The number of ether oxygens (including phenoxy) is 1. The smallest absolute Gasteiger partial charge is 0.318 e. The molecule has 1 aromatic rings. The van der Waals surface area contributed by atoms with Crippen molar-refractivity contribution in [3.63, 3.8) is 0 Å². The molecule has 23 heavy (non-hydrogen) atoms. The third kappa shape index (κ3) is 3.14. The van der Waals surface area contributed by atoms with Crippen LogP contribution in [0, 0.1) is 0 Å². The van der Waals surface area contributed by atoms with Gasteiger partial charge in [-0.15, -0.1) is 0 Å². The largest absolute Gasteiger partial charge is 0.474 e. The van der Waals surface area contributed by atoms with Crippen LogP contribution < -0.4 is 10.1 Å². The summed E-state index contributed by atoms with van der Waals surface area (Å²) in [5.41, 5.74) is 0. The summed E-state index contributed by atoms with van der Waals surface area (Å²) in [6.07, 6.45) is 10.8. The minimum absolute atomic E-state index is 0.153. The number of hydrogen-bond acceptors (Lipinski definition) is 3. The molecular formula is C18H25N3O2. The number of fused-ring (bicyclic) bond motifs is 2. The van der Waals surface area contributed by atoms with E-state index in [2.05, 4.69) is 15.2 Å². The molecule has 3 heterocycles. The molecule has 2 unspecified atom stereocenters. The van der Waals surface area contributed by atoms with Crippen LogP contribution in [0.2, 0.25) is 0 Å². The van der Waals surface area contributed by atoms with E-state index in [0.717, 1.165) is 38.5 Å². The van der Waals surface area contributed by atoms with Crippen molar-refractivity contribution in [2.75, 3.05) is 0 Å². The van der Waals surface area contributed by atoms with Gasteiger partial charge < -0.3 is 15.0 Å². The van der Waals surface area contributed by atoms with Crippen molar-refractivity contribution in [2.45, 2.75) is 75.6 Å². The van der Waals surface area contributed by atoms with Gasteiger partial charge in [0.15, 0.2) is 0 Å². The van der Waals surface area contributed by atoms with Crippen LogP contribution in [-0.2, 0) is 0 Å². The minimum Gasteiger partial charge on any atom is -0.474 e. The van der Waals surface area contributed by atoms with Gasteiger partial charge in [0.05, 0.1) is 0 Å². The molecule has 5 heteroatoms. The number of pyridine rings is 1. The van der Waals surface area contributed by atoms with E-state index in [4.69, 9.17) is 4.74 Å². The summed E-state index contributed by atoms with van der Waals surface area (Å²) in [7, 11) is 0. The summed E-state index contributed by atoms with van der Waals surface area (Å²) in [4.78, 5) is 19.0. The highest BCUT2D eigenvalue weighted by atomic mass is 16.5. The fraction of sp³-hybridized carbons (Fsp3) is 0.667. The average Bonchev–Trinajstić information content (AvgIpc) is 3.15. The number of hydrogen-bond donors (Lipinski definition) is 1. The first-order chi connectivity index (χ1) is 11.3. The maximum absolute atomic E-state index is 12.6. The first-order valence-corrected chi connectivity index (χ1v) is 8.96. The molecular weight excluding hydrogens is 290 g/mol. The van der Waals surface area contributed by atoms with Crippen LogP contribution in [0.5, 0.6) is 5.88 Å². The molecule has 2 aliphatic heterocycles. The predicted molar refractivity (Wildman–Crippen MR) is 87.3 cm³/mol. The van der Waals surface area contributed by atoms with Crippen LogP contribution in [0.25, 0.3) is 0 Å². The molecule has 1 aromatic heterocycles. The molecule has 2 atom stereocenters. The van der Waals surface area contributed by atoms with Gasteiger partial charge >= 0.3 is 6.03 Å². The number of carbonyl (C=O) groups excluding carboxylic acids is 1. The van der Waals surface area contributed by atoms with Crippen molar-refractivity contribution in [2.24, 2.45) is 0 Å². The lowest BCUT2D eigenvalue weighted by Crippen LogP contribution is -2.54. The number of carbonyl (C=O) groups is 1. The summed E-state index contributed by atoms with van der Waals surface area (Å²) in [6.45, 7) is 0. The third-order valence-corrected chi connectivity index (χ3v) is 5.53. The predicted octanol–water partition coefficient (Wildman–Crippen LogP) is 3.11. The number of aromatic nitrogens is 1. The summed E-state index contributed by atoms with van der Waals surface area (Å²) < 4.78 is 6.03. The highest BCUT2D eigenvalue weighted by molar-refractivity contribution is 5.76. The van der Waals surface area contributed by atoms with E-state index in [-0.39, 0.29) is 12.1 Å². The number of nitrogens with one attached hydrogen (secondary N) is 1. The van der Waals surface area contributed by atoms with Gasteiger partial charge in [0, 0.05) is 43.2 Å². The molecule has 2 amide bonds. The van der Waals surface area contributed by atoms with Crippen LogP contribution in [-0.4, -0.2) is 40.1 Å². The Bertz CT molecular complexity index is 530. The number of piperidine rings is 1. The van der Waals surface area contributed by atoms with Gasteiger partial charge in [-0.3, -0.25) is 0 Å². The van der Waals surface area contributed by atoms with Gasteiger partial charge in [0.25, 0.3) is 0 Å². The number of amides is 2. The molecule has 0 spiro atoms. The SMILES string of the molecule is O=C(NC1CCCC1)N1C2CCC1CC(Oc1ccccn1)C2. The Hall–Kier alpha value is -1.78. The number of rotatable bonds is 3. The number of urea groups is 1. The van der Waals surface area contributed by atoms with E-state index < -0.39 is 0 Å². The molecule has 2 bridgehead atoms. The maximum atomic E-state index is 12.6. The van der Waals surface area contributed by atoms with E-state index in [1.165, 1.54) is 12.8 Å². The Balaban J connectivity index is 1.37. The Kier molecular flexibility index (Phi) is 4.10. The first-order valence-electron chi connectivity index (χ1n) is 8.96. The van der Waals surface area contributed by atoms with Crippen LogP contribution >= 0.6 is 0 Å². The van der Waals surface area contributed by atoms with Gasteiger partial charge in [-0.2, -0.15) is 0 Å². The van der Waals surface area contributed by atoms with Crippen molar-refractivity contribution in [1.29, 1.82) is 0 Å². The van der Waals surface area contributed by atoms with Gasteiger partial charge in [-0.05, 0) is 31.7 Å². The fourth-order valence-corrected chi connectivity index (χ4v) is 4.46. The standard InChI is InChI=1S/C18H25N3O2/c22-18(20-13-5-1-2-6-13)21-14-8-9-15(21)12-16(11-14)23-17-7-3-4-10-19-17/h3-4,7,10,13-16H,1-2,5-6,8-9,11-12H2,(H,20,22). The maximum Gasteiger partial charge on any atom is 0.318 e. The minimum atomic E-state index is 0.153. The molecule has 3 fully saturated rings. The van der Waals surface area contributed by atoms with E-state index in [9.17, 15) is 4.79 Å². The van der Waals surface area contributed by atoms with Crippen molar-refractivity contribution in [3.8, 4) is 5.88 Å². The Morgan fingerprint density at radius 2 is 1.87 bits per heavy atom. The van der Waals surface area contributed by atoms with E-state index in [0.29, 0.717) is 24.0 Å². The zero-order valence-electron chi connectivity index (χ0n) is 13.5. The Morgan fingerprint density at radius 1 is 1.13 bits per heavy atom. The highest BCUT2D eigenvalue weighted by Crippen LogP contribution is 2.37. The lowest BCUT2D eigenvalue weighted by Gasteiger charge is -2.39. The monoisotopic (exact) mass is 315 g/mol. The lowest BCUT2D eigenvalue weighted by molar-refractivity contribution is 0.0652. The molecule has 124 valence electrons. The summed E-state index contributed by atoms with van der Waals surface area (Å²) in [6, 6.07) is 6.94. The molecule has 5 nitrogen and oxygen atoms in total. The molecule has 1 N–H and O–H groups in total. The second-order valence-electron chi connectivity index (χ2n) is 7.10. The Labute approximate surface area is 137 Å². The molecule has 1 saturated carbocycles. The van der Waals surface area contributed by atoms with Crippen LogP contribution in [0.4, 0.5) is 4.79 Å². The van der Waals surface area contributed by atoms with E-state index >= 15 is 0 Å². The third-order valence-electron chi connectivity index (χ3n) is 5.53. The molecule has 4 rings (SSSR count). The van der Waals surface area contributed by atoms with Crippen LogP contribution in [0.1, 0.15) is 51.4 Å². The van der Waals surface area contributed by atoms with Crippen molar-refractivity contribution < 1.29 is 9.53 Å². The topological polar surface area (TPSA) is 54.5 Å². The Morgan fingerprint density at radius 3 is 2.52 bits per heavy atom. The average molecular weight is 315 g/mol. The summed E-state index contributed by atoms with van der Waals surface area (Å²) in [5.74, 6) is 0.695. The first kappa shape index (κ1) is 14.8. The van der Waals surface area contributed by atoms with Crippen molar-refractivity contribution >= 4 is 6.03 Å². The molecule has 3 aliphatic rings. The fourth-order valence-electron chi connectivity index (χ4n) is 4.46. The molecule has 0 radical (unpaired) electrons. The van der Waals surface area contributed by atoms with Gasteiger partial charge in [0.1, 0.15) is 6.10 Å². The number of nitrogens with zero attached hydrogens (tertiary/aromatic N) is 2. The molecule has 1 aliphatic carbocycles. The molecule has 2 saturated heterocycles. The van der Waals surface area contributed by atoms with E-state index in [1.807, 2.05) is 18.2 Å². The second-order valence-corrected chi connectivity index (χ2v) is 7.10. The second kappa shape index (κ2) is 6.38. The zero-order valence-corrected chi connectivity index (χ0v) is 13.5. The van der Waals surface area contributed by atoms with Gasteiger partial charge in [0.2, 0.25) is 5.88 Å².